The first-order valence-electron chi connectivity index (χ1n) is 14.6. The number of thioether (sulfide) groups is 1. The number of aromatic nitrogens is 2. The van der Waals surface area contributed by atoms with Crippen LogP contribution >= 0.6 is 23.1 Å². The van der Waals surface area contributed by atoms with Crippen molar-refractivity contribution in [1.82, 2.24) is 10.2 Å². The van der Waals surface area contributed by atoms with Crippen molar-refractivity contribution in [2.24, 2.45) is 0 Å². The number of anilines is 2. The van der Waals surface area contributed by atoms with Gasteiger partial charge < -0.3 is 9.32 Å². The molecule has 0 saturated carbocycles. The van der Waals surface area contributed by atoms with Crippen molar-refractivity contribution in [3.05, 3.63) is 146 Å². The Balaban J connectivity index is 1.32. The molecule has 2 aliphatic rings. The van der Waals surface area contributed by atoms with Gasteiger partial charge in [-0.15, -0.1) is 10.2 Å². The van der Waals surface area contributed by atoms with Crippen LogP contribution < -0.4 is 15.2 Å². The van der Waals surface area contributed by atoms with Crippen LogP contribution in [0.3, 0.4) is 0 Å². The molecule has 4 heterocycles. The average molecular weight is 665 g/mol. The van der Waals surface area contributed by atoms with Gasteiger partial charge in [0.1, 0.15) is 17.2 Å². The highest BCUT2D eigenvalue weighted by molar-refractivity contribution is 8.00. The van der Waals surface area contributed by atoms with Crippen molar-refractivity contribution in [1.29, 1.82) is 0 Å². The first-order chi connectivity index (χ1) is 22.8. The lowest BCUT2D eigenvalue weighted by Gasteiger charge is -2.32. The van der Waals surface area contributed by atoms with E-state index in [0.29, 0.717) is 21.2 Å². The standard InChI is InChI=1S/C35H22F2N4O4S2/c1-19-10-12-20(13-11-19)17-40-26-9-5-3-7-24(26)35(32(40)44)28-29(42)23-16-22(36)14-15-27(23)45-30(28)31(43)41(35)33-38-39-34(47-33)46-18-21-6-2-4-8-25(21)37/h2-16H,17-18H2,1H3. The van der Waals surface area contributed by atoms with Gasteiger partial charge in [0, 0.05) is 11.3 Å². The van der Waals surface area contributed by atoms with Gasteiger partial charge in [-0.1, -0.05) is 89.3 Å². The Bertz CT molecular complexity index is 2320. The van der Waals surface area contributed by atoms with E-state index in [1.54, 1.807) is 47.4 Å². The van der Waals surface area contributed by atoms with Crippen LogP contribution in [-0.4, -0.2) is 22.0 Å². The van der Waals surface area contributed by atoms with Crippen LogP contribution in [0.15, 0.2) is 105 Å². The third kappa shape index (κ3) is 4.43. The van der Waals surface area contributed by atoms with Crippen molar-refractivity contribution in [2.45, 2.75) is 29.1 Å². The number of halogens is 2. The van der Waals surface area contributed by atoms with Crippen LogP contribution in [0.2, 0.25) is 0 Å². The van der Waals surface area contributed by atoms with E-state index in [9.17, 15) is 18.4 Å². The third-order valence-electron chi connectivity index (χ3n) is 8.44. The van der Waals surface area contributed by atoms with Gasteiger partial charge in [0.05, 0.1) is 23.2 Å². The molecule has 1 atom stereocenters. The molecule has 1 spiro atoms. The quantitative estimate of drug-likeness (QED) is 0.140. The van der Waals surface area contributed by atoms with E-state index in [0.717, 1.165) is 34.6 Å². The number of rotatable bonds is 6. The number of hydrogen-bond acceptors (Lipinski definition) is 8. The minimum atomic E-state index is -2.01. The zero-order valence-corrected chi connectivity index (χ0v) is 26.2. The Labute approximate surface area is 274 Å². The molecule has 1 unspecified atom stereocenters. The summed E-state index contributed by atoms with van der Waals surface area (Å²) in [6.45, 7) is 2.12. The van der Waals surface area contributed by atoms with Crippen molar-refractivity contribution in [3.8, 4) is 0 Å². The highest BCUT2D eigenvalue weighted by Gasteiger charge is 2.66. The molecule has 0 saturated heterocycles. The maximum atomic E-state index is 15.0. The van der Waals surface area contributed by atoms with Gasteiger partial charge in [0.2, 0.25) is 10.9 Å². The van der Waals surface area contributed by atoms with Crippen LogP contribution in [0.4, 0.5) is 19.6 Å². The highest BCUT2D eigenvalue weighted by Crippen LogP contribution is 2.55. The molecule has 12 heteroatoms. The number of nitrogens with zero attached hydrogens (tertiary/aromatic N) is 4. The van der Waals surface area contributed by atoms with Gasteiger partial charge in [-0.25, -0.2) is 8.78 Å². The molecule has 47 heavy (non-hydrogen) atoms. The maximum absolute atomic E-state index is 15.0. The lowest BCUT2D eigenvalue weighted by Crippen LogP contribution is -2.53. The third-order valence-corrected chi connectivity index (χ3v) is 10.5. The number of aryl methyl sites for hydroxylation is 1. The van der Waals surface area contributed by atoms with E-state index in [4.69, 9.17) is 4.42 Å². The SMILES string of the molecule is Cc1ccc(CN2C(=O)C3(c4ccccc42)c2c(oc4ccc(F)cc4c2=O)C(=O)N3c2nnc(SCc3ccccc3F)s2)cc1. The molecule has 232 valence electrons. The van der Waals surface area contributed by atoms with Gasteiger partial charge in [-0.2, -0.15) is 0 Å². The lowest BCUT2D eigenvalue weighted by atomic mass is 9.84. The van der Waals surface area contributed by atoms with Crippen LogP contribution in [0.5, 0.6) is 0 Å². The summed E-state index contributed by atoms with van der Waals surface area (Å²) in [6, 6.07) is 24.5. The monoisotopic (exact) mass is 664 g/mol. The average Bonchev–Trinajstić information content (AvgIpc) is 3.71. The summed E-state index contributed by atoms with van der Waals surface area (Å²) in [7, 11) is 0. The molecular weight excluding hydrogens is 643 g/mol. The molecule has 0 N–H and O–H groups in total. The summed E-state index contributed by atoms with van der Waals surface area (Å²) in [6.07, 6.45) is 0. The van der Waals surface area contributed by atoms with E-state index in [-0.39, 0.29) is 45.5 Å². The predicted molar refractivity (Wildman–Crippen MR) is 175 cm³/mol. The summed E-state index contributed by atoms with van der Waals surface area (Å²) in [5.74, 6) is -2.42. The fourth-order valence-corrected chi connectivity index (χ4v) is 8.15. The van der Waals surface area contributed by atoms with E-state index in [1.807, 2.05) is 31.2 Å². The molecule has 6 aromatic rings. The maximum Gasteiger partial charge on any atom is 0.297 e. The predicted octanol–water partition coefficient (Wildman–Crippen LogP) is 6.97. The van der Waals surface area contributed by atoms with Crippen molar-refractivity contribution in [2.75, 3.05) is 9.80 Å². The molecule has 8 nitrogen and oxygen atoms in total. The van der Waals surface area contributed by atoms with E-state index in [2.05, 4.69) is 10.2 Å². The van der Waals surface area contributed by atoms with Crippen molar-refractivity contribution in [3.63, 3.8) is 0 Å². The second kappa shape index (κ2) is 11.0. The molecule has 0 aliphatic carbocycles. The van der Waals surface area contributed by atoms with Crippen molar-refractivity contribution >= 4 is 56.7 Å². The van der Waals surface area contributed by atoms with E-state index >= 15 is 4.79 Å². The second-order valence-electron chi connectivity index (χ2n) is 11.3. The molecule has 0 bridgehead atoms. The van der Waals surface area contributed by atoms with E-state index in [1.165, 1.54) is 28.8 Å². The highest BCUT2D eigenvalue weighted by atomic mass is 32.2. The summed E-state index contributed by atoms with van der Waals surface area (Å²) in [5.41, 5.74) is 0.325. The van der Waals surface area contributed by atoms with Gasteiger partial charge >= 0.3 is 0 Å². The number of carbonyl (C=O) groups excluding carboxylic acids is 2. The van der Waals surface area contributed by atoms with Gasteiger partial charge in [-0.3, -0.25) is 19.3 Å². The molecule has 2 aliphatic heterocycles. The normalized spacial score (nSPS) is 16.8. The number of fused-ring (bicyclic) bond motifs is 5. The molecule has 2 amide bonds. The lowest BCUT2D eigenvalue weighted by molar-refractivity contribution is -0.121. The number of amides is 2. The van der Waals surface area contributed by atoms with Crippen LogP contribution in [0.1, 0.15) is 38.4 Å². The second-order valence-corrected chi connectivity index (χ2v) is 13.4. The smallest absolute Gasteiger partial charge is 0.297 e. The Hall–Kier alpha value is -5.20. The minimum Gasteiger partial charge on any atom is -0.450 e. The van der Waals surface area contributed by atoms with Gasteiger partial charge in [0.25, 0.3) is 11.8 Å². The molecule has 0 radical (unpaired) electrons. The molecule has 8 rings (SSSR count). The summed E-state index contributed by atoms with van der Waals surface area (Å²) >= 11 is 2.26. The van der Waals surface area contributed by atoms with Crippen molar-refractivity contribution < 1.29 is 22.8 Å². The summed E-state index contributed by atoms with van der Waals surface area (Å²) in [5, 5.41) is 8.51. The Kier molecular flexibility index (Phi) is 6.81. The fourth-order valence-electron chi connectivity index (χ4n) is 6.27. The Morgan fingerprint density at radius 1 is 0.915 bits per heavy atom. The minimum absolute atomic E-state index is 0.00846. The fraction of sp³-hybridized carbons (Fsp3) is 0.114. The Morgan fingerprint density at radius 2 is 1.68 bits per heavy atom. The van der Waals surface area contributed by atoms with Crippen LogP contribution in [-0.2, 0) is 22.6 Å². The first kappa shape index (κ1) is 29.2. The van der Waals surface area contributed by atoms with Crippen LogP contribution in [0, 0.1) is 18.6 Å². The molecule has 0 fully saturated rings. The zero-order valence-electron chi connectivity index (χ0n) is 24.6. The van der Waals surface area contributed by atoms with Gasteiger partial charge in [-0.05, 0) is 48.4 Å². The molecule has 2 aromatic heterocycles. The number of benzene rings is 4. The Morgan fingerprint density at radius 3 is 2.49 bits per heavy atom. The summed E-state index contributed by atoms with van der Waals surface area (Å²) in [4.78, 5) is 46.6. The number of para-hydroxylation sites is 1. The van der Waals surface area contributed by atoms with Crippen LogP contribution in [0.25, 0.3) is 11.0 Å². The molecule has 4 aromatic carbocycles. The largest absolute Gasteiger partial charge is 0.450 e. The number of carbonyl (C=O) groups is 2. The number of hydrogen-bond donors (Lipinski definition) is 0. The molecular formula is C35H22F2N4O4S2. The summed E-state index contributed by atoms with van der Waals surface area (Å²) < 4.78 is 35.2. The van der Waals surface area contributed by atoms with Gasteiger partial charge in [0.15, 0.2) is 15.3 Å². The topological polar surface area (TPSA) is 96.6 Å². The first-order valence-corrected chi connectivity index (χ1v) is 16.4. The zero-order chi connectivity index (χ0) is 32.4. The van der Waals surface area contributed by atoms with E-state index < -0.39 is 28.6 Å².